The van der Waals surface area contributed by atoms with Crippen molar-refractivity contribution >= 4 is 22.8 Å². The molecule has 0 spiro atoms. The normalized spacial score (nSPS) is 19.5. The number of nitrogens with zero attached hydrogens (tertiary/aromatic N) is 7. The molecule has 2 aliphatic rings. The number of rotatable bonds is 6. The zero-order valence-corrected chi connectivity index (χ0v) is 26.3. The number of pyridine rings is 2. The number of aliphatic hydroxyl groups is 1. The number of amides is 2. The third-order valence-corrected chi connectivity index (χ3v) is 9.76. The molecule has 0 radical (unpaired) electrons. The zero-order valence-electron chi connectivity index (χ0n) is 26.3. The van der Waals surface area contributed by atoms with E-state index in [0.717, 1.165) is 16.7 Å². The molecule has 1 aromatic carbocycles. The number of carbonyl (C=O) groups is 2. The molecule has 47 heavy (non-hydrogen) atoms. The number of fused-ring (bicyclic) bond motifs is 1. The second-order valence-corrected chi connectivity index (χ2v) is 12.7. The van der Waals surface area contributed by atoms with Crippen LogP contribution in [-0.2, 0) is 18.4 Å². The molecule has 0 unspecified atom stereocenters. The van der Waals surface area contributed by atoms with E-state index in [1.54, 1.807) is 35.4 Å². The van der Waals surface area contributed by atoms with Gasteiger partial charge in [-0.05, 0) is 66.3 Å². The standard InChI is InChI=1S/C36H37N7O4/c1-40-17-10-29-32(40)39-24-43(34(29)45)23-36(47)12-19-41(20-13-36)33(44)28-11-18-42(22-30(28)26-5-3-2-4-6-26)35(46)31-21-27(9-16-38-31)25-7-14-37-15-8-25/h2-10,14-17,21,24,28,30,47H,11-13,18-20,22-23H2,1H3/t28-,30+/m1/s1. The lowest BCUT2D eigenvalue weighted by Gasteiger charge is -2.43. The summed E-state index contributed by atoms with van der Waals surface area (Å²) in [7, 11) is 1.84. The topological polar surface area (TPSA) is 126 Å². The number of carbonyl (C=O) groups excluding carboxylic acids is 2. The molecular formula is C36H37N7O4. The van der Waals surface area contributed by atoms with Crippen molar-refractivity contribution in [3.63, 3.8) is 0 Å². The maximum atomic E-state index is 14.1. The zero-order chi connectivity index (χ0) is 32.5. The number of piperidine rings is 2. The highest BCUT2D eigenvalue weighted by atomic mass is 16.3. The van der Waals surface area contributed by atoms with Gasteiger partial charge in [0.05, 0.1) is 17.5 Å². The van der Waals surface area contributed by atoms with Gasteiger partial charge in [-0.2, -0.15) is 0 Å². The second kappa shape index (κ2) is 12.6. The third-order valence-electron chi connectivity index (χ3n) is 9.76. The number of benzene rings is 1. The average molecular weight is 632 g/mol. The smallest absolute Gasteiger partial charge is 0.272 e. The Balaban J connectivity index is 1.05. The molecule has 0 saturated carbocycles. The maximum absolute atomic E-state index is 14.1. The van der Waals surface area contributed by atoms with E-state index < -0.39 is 5.60 Å². The van der Waals surface area contributed by atoms with Crippen LogP contribution in [0, 0.1) is 5.92 Å². The minimum Gasteiger partial charge on any atom is -0.388 e. The predicted octanol–water partition coefficient (Wildman–Crippen LogP) is 3.49. The molecule has 2 fully saturated rings. The van der Waals surface area contributed by atoms with Crippen molar-refractivity contribution in [1.29, 1.82) is 0 Å². The van der Waals surface area contributed by atoms with Crippen LogP contribution < -0.4 is 5.56 Å². The van der Waals surface area contributed by atoms with Crippen LogP contribution >= 0.6 is 0 Å². The lowest BCUT2D eigenvalue weighted by molar-refractivity contribution is -0.142. The van der Waals surface area contributed by atoms with E-state index in [-0.39, 0.29) is 35.8 Å². The molecule has 11 nitrogen and oxygen atoms in total. The minimum atomic E-state index is -1.13. The Hall–Kier alpha value is -5.16. The van der Waals surface area contributed by atoms with Crippen molar-refractivity contribution < 1.29 is 14.7 Å². The number of aromatic nitrogens is 5. The fraction of sp³-hybridized carbons (Fsp3) is 0.333. The Morgan fingerprint density at radius 2 is 1.66 bits per heavy atom. The van der Waals surface area contributed by atoms with Gasteiger partial charge in [0.25, 0.3) is 11.5 Å². The Morgan fingerprint density at radius 3 is 2.43 bits per heavy atom. The van der Waals surface area contributed by atoms with E-state index in [4.69, 9.17) is 0 Å². The summed E-state index contributed by atoms with van der Waals surface area (Å²) in [5.41, 5.74) is 2.52. The monoisotopic (exact) mass is 631 g/mol. The number of likely N-dealkylation sites (tertiary alicyclic amines) is 2. The molecule has 0 bridgehead atoms. The number of hydrogen-bond acceptors (Lipinski definition) is 7. The lowest BCUT2D eigenvalue weighted by atomic mass is 9.79. The highest BCUT2D eigenvalue weighted by Gasteiger charge is 2.42. The van der Waals surface area contributed by atoms with Crippen LogP contribution in [0.2, 0.25) is 0 Å². The summed E-state index contributed by atoms with van der Waals surface area (Å²) < 4.78 is 3.26. The van der Waals surface area contributed by atoms with E-state index in [0.29, 0.717) is 62.2 Å². The lowest BCUT2D eigenvalue weighted by Crippen LogP contribution is -2.53. The van der Waals surface area contributed by atoms with Crippen molar-refractivity contribution in [3.8, 4) is 11.1 Å². The van der Waals surface area contributed by atoms with Crippen molar-refractivity contribution in [2.24, 2.45) is 13.0 Å². The largest absolute Gasteiger partial charge is 0.388 e. The Morgan fingerprint density at radius 1 is 0.915 bits per heavy atom. The number of aryl methyl sites for hydroxylation is 1. The first kappa shape index (κ1) is 30.5. The fourth-order valence-corrected chi connectivity index (χ4v) is 7.05. The van der Waals surface area contributed by atoms with Gasteiger partial charge in [0, 0.05) is 69.8 Å². The Kier molecular flexibility index (Phi) is 8.15. The molecule has 2 aliphatic heterocycles. The quantitative estimate of drug-likeness (QED) is 0.304. The Bertz CT molecular complexity index is 1970. The summed E-state index contributed by atoms with van der Waals surface area (Å²) in [5.74, 6) is -0.617. The van der Waals surface area contributed by atoms with Gasteiger partial charge < -0.3 is 19.5 Å². The van der Waals surface area contributed by atoms with E-state index in [9.17, 15) is 19.5 Å². The minimum absolute atomic E-state index is 0.0374. The van der Waals surface area contributed by atoms with Gasteiger partial charge in [-0.15, -0.1) is 0 Å². The molecule has 0 aliphatic carbocycles. The number of hydrogen-bond donors (Lipinski definition) is 1. The van der Waals surface area contributed by atoms with Crippen LogP contribution in [0.25, 0.3) is 22.2 Å². The van der Waals surface area contributed by atoms with Crippen LogP contribution in [0.15, 0.2) is 96.6 Å². The van der Waals surface area contributed by atoms with Gasteiger partial charge >= 0.3 is 0 Å². The summed E-state index contributed by atoms with van der Waals surface area (Å²) >= 11 is 0. The van der Waals surface area contributed by atoms with Crippen molar-refractivity contribution in [2.75, 3.05) is 26.2 Å². The second-order valence-electron chi connectivity index (χ2n) is 12.7. The Labute approximate surface area is 272 Å². The van der Waals surface area contributed by atoms with Gasteiger partial charge in [-0.25, -0.2) is 4.98 Å². The molecule has 7 rings (SSSR count). The molecule has 4 aromatic heterocycles. The molecule has 5 aromatic rings. The first-order valence-electron chi connectivity index (χ1n) is 16.0. The SMILES string of the molecule is Cn1ccc2c(=O)n(CC3(O)CCN(C(=O)[C@@H]4CCN(C(=O)c5cc(-c6ccncc6)ccn5)C[C@H]4c4ccccc4)CC3)cnc21. The molecule has 240 valence electrons. The fourth-order valence-electron chi connectivity index (χ4n) is 7.05. The van der Waals surface area contributed by atoms with Crippen LogP contribution in [0.4, 0.5) is 0 Å². The molecule has 2 atom stereocenters. The van der Waals surface area contributed by atoms with Crippen molar-refractivity contribution in [3.05, 3.63) is 113 Å². The molecule has 11 heteroatoms. The first-order valence-corrected chi connectivity index (χ1v) is 16.0. The summed E-state index contributed by atoms with van der Waals surface area (Å²) in [4.78, 5) is 57.5. The van der Waals surface area contributed by atoms with Crippen molar-refractivity contribution in [2.45, 2.75) is 37.3 Å². The van der Waals surface area contributed by atoms with Crippen LogP contribution in [0.1, 0.15) is 41.2 Å². The first-order chi connectivity index (χ1) is 22.8. The van der Waals surface area contributed by atoms with Crippen LogP contribution in [0.3, 0.4) is 0 Å². The van der Waals surface area contributed by atoms with Gasteiger partial charge in [-0.1, -0.05) is 30.3 Å². The molecule has 6 heterocycles. The summed E-state index contributed by atoms with van der Waals surface area (Å²) in [6.07, 6.45) is 9.60. The summed E-state index contributed by atoms with van der Waals surface area (Å²) in [6, 6.07) is 19.1. The third kappa shape index (κ3) is 6.06. The highest BCUT2D eigenvalue weighted by Crippen LogP contribution is 2.36. The molecular weight excluding hydrogens is 594 g/mol. The van der Waals surface area contributed by atoms with Gasteiger partial charge in [0.1, 0.15) is 17.7 Å². The predicted molar refractivity (Wildman–Crippen MR) is 176 cm³/mol. The van der Waals surface area contributed by atoms with Gasteiger partial charge in [-0.3, -0.25) is 28.9 Å². The molecule has 1 N–H and O–H groups in total. The van der Waals surface area contributed by atoms with E-state index in [1.165, 1.54) is 10.9 Å². The molecule has 2 amide bonds. The van der Waals surface area contributed by atoms with E-state index in [1.807, 2.05) is 71.4 Å². The van der Waals surface area contributed by atoms with E-state index >= 15 is 0 Å². The summed E-state index contributed by atoms with van der Waals surface area (Å²) in [5, 5.41) is 12.0. The average Bonchev–Trinajstić information content (AvgIpc) is 3.50. The van der Waals surface area contributed by atoms with Crippen LogP contribution in [0.5, 0.6) is 0 Å². The van der Waals surface area contributed by atoms with Gasteiger partial charge in [0.2, 0.25) is 5.91 Å². The maximum Gasteiger partial charge on any atom is 0.272 e. The highest BCUT2D eigenvalue weighted by molar-refractivity contribution is 5.94. The molecule has 2 saturated heterocycles. The van der Waals surface area contributed by atoms with Gasteiger partial charge in [0.15, 0.2) is 0 Å². The van der Waals surface area contributed by atoms with Crippen LogP contribution in [-0.4, -0.2) is 82.6 Å². The summed E-state index contributed by atoms with van der Waals surface area (Å²) in [6.45, 7) is 1.73. The van der Waals surface area contributed by atoms with Crippen molar-refractivity contribution in [1.82, 2.24) is 33.9 Å². The van der Waals surface area contributed by atoms with E-state index in [2.05, 4.69) is 15.0 Å².